The predicted octanol–water partition coefficient (Wildman–Crippen LogP) is 3.24. The number of aliphatic hydroxyl groups is 1. The molecule has 2 rings (SSSR count). The highest BCUT2D eigenvalue weighted by molar-refractivity contribution is 6.34. The summed E-state index contributed by atoms with van der Waals surface area (Å²) in [6.07, 6.45) is 1.53. The van der Waals surface area contributed by atoms with Crippen molar-refractivity contribution in [1.82, 2.24) is 9.55 Å². The van der Waals surface area contributed by atoms with E-state index in [0.29, 0.717) is 17.3 Å². The van der Waals surface area contributed by atoms with Crippen LogP contribution in [0.3, 0.4) is 0 Å². The van der Waals surface area contributed by atoms with Crippen LogP contribution in [0.5, 0.6) is 0 Å². The topological polar surface area (TPSA) is 50.4 Å². The number of hydrogen-bond donors (Lipinski definition) is 1. The van der Waals surface area contributed by atoms with Crippen molar-refractivity contribution in [3.63, 3.8) is 0 Å². The van der Waals surface area contributed by atoms with E-state index in [1.54, 1.807) is 28.8 Å². The van der Waals surface area contributed by atoms with Crippen LogP contribution in [0.4, 0.5) is 0 Å². The highest BCUT2D eigenvalue weighted by atomic mass is 35.5. The molecule has 1 aromatic carbocycles. The van der Waals surface area contributed by atoms with Gasteiger partial charge in [-0.1, -0.05) is 23.2 Å². The summed E-state index contributed by atoms with van der Waals surface area (Å²) in [5, 5.41) is 9.84. The van der Waals surface area contributed by atoms with Crippen LogP contribution in [-0.4, -0.2) is 34.0 Å². The molecule has 0 spiro atoms. The van der Waals surface area contributed by atoms with Gasteiger partial charge in [-0.15, -0.1) is 0 Å². The number of halogens is 3. The van der Waals surface area contributed by atoms with Gasteiger partial charge in [0.1, 0.15) is 5.69 Å². The Kier molecular flexibility index (Phi) is 4.82. The summed E-state index contributed by atoms with van der Waals surface area (Å²) in [6.45, 7) is 0.261. The number of imidazole rings is 1. The molecule has 0 radical (unpaired) electrons. The fourth-order valence-corrected chi connectivity index (χ4v) is 2.19. The van der Waals surface area contributed by atoms with Crippen LogP contribution in [-0.2, 0) is 0 Å². The number of aromatic nitrogens is 2. The smallest absolute Gasteiger partial charge is 0.209 e. The summed E-state index contributed by atoms with van der Waals surface area (Å²) in [7, 11) is 0. The fourth-order valence-electron chi connectivity index (χ4n) is 1.54. The molecule has 4 nitrogen and oxygen atoms in total. The van der Waals surface area contributed by atoms with Gasteiger partial charge in [0.15, 0.2) is 5.15 Å². The van der Waals surface area contributed by atoms with Crippen molar-refractivity contribution < 1.29 is 5.11 Å². The zero-order chi connectivity index (χ0) is 13.8. The Balaban J connectivity index is 2.47. The third kappa shape index (κ3) is 3.28. The number of aliphatic hydroxyl groups excluding tert-OH is 1. The molecule has 0 atom stereocenters. The van der Waals surface area contributed by atoms with Crippen molar-refractivity contribution >= 4 is 41.0 Å². The van der Waals surface area contributed by atoms with Crippen molar-refractivity contribution in [3.05, 3.63) is 45.4 Å². The fraction of sp³-hybridized carbons (Fsp3) is 0.167. The molecule has 0 amide bonds. The Morgan fingerprint density at radius 2 is 1.89 bits per heavy atom. The van der Waals surface area contributed by atoms with Crippen LogP contribution >= 0.6 is 34.8 Å². The second kappa shape index (κ2) is 6.39. The van der Waals surface area contributed by atoms with Crippen molar-refractivity contribution in [2.45, 2.75) is 0 Å². The highest BCUT2D eigenvalue weighted by Gasteiger charge is 2.14. The van der Waals surface area contributed by atoms with Gasteiger partial charge < -0.3 is 5.11 Å². The molecular weight excluding hydrogens is 309 g/mol. The summed E-state index contributed by atoms with van der Waals surface area (Å²) < 4.78 is 1.65. The first kappa shape index (κ1) is 14.3. The Labute approximate surface area is 125 Å². The second-order valence-corrected chi connectivity index (χ2v) is 4.76. The average Bonchev–Trinajstić information content (AvgIpc) is 2.66. The van der Waals surface area contributed by atoms with E-state index in [2.05, 4.69) is 9.98 Å². The van der Waals surface area contributed by atoms with Gasteiger partial charge in [-0.3, -0.25) is 9.56 Å². The first-order chi connectivity index (χ1) is 9.13. The van der Waals surface area contributed by atoms with Crippen LogP contribution < -0.4 is 0 Å². The molecule has 1 heterocycles. The minimum absolute atomic E-state index is 0.0308. The van der Waals surface area contributed by atoms with Crippen molar-refractivity contribution in [3.8, 4) is 5.69 Å². The van der Waals surface area contributed by atoms with Crippen LogP contribution in [0.25, 0.3) is 5.69 Å². The Morgan fingerprint density at radius 3 is 2.53 bits per heavy atom. The summed E-state index contributed by atoms with van der Waals surface area (Å²) in [4.78, 5) is 8.03. The van der Waals surface area contributed by atoms with Gasteiger partial charge in [0.25, 0.3) is 0 Å². The van der Waals surface area contributed by atoms with Gasteiger partial charge in [-0.2, -0.15) is 0 Å². The van der Waals surface area contributed by atoms with Crippen LogP contribution in [0, 0.1) is 0 Å². The molecule has 1 N–H and O–H groups in total. The lowest BCUT2D eigenvalue weighted by Crippen LogP contribution is -2.01. The Bertz CT molecular complexity index is 593. The molecule has 100 valence electrons. The van der Waals surface area contributed by atoms with Gasteiger partial charge >= 0.3 is 0 Å². The average molecular weight is 319 g/mol. The van der Waals surface area contributed by atoms with Crippen molar-refractivity contribution in [1.29, 1.82) is 0 Å². The predicted molar refractivity (Wildman–Crippen MR) is 78.1 cm³/mol. The van der Waals surface area contributed by atoms with E-state index in [1.165, 1.54) is 6.21 Å². The largest absolute Gasteiger partial charge is 0.394 e. The third-order valence-corrected chi connectivity index (χ3v) is 3.14. The lowest BCUT2D eigenvalue weighted by atomic mass is 10.3. The zero-order valence-electron chi connectivity index (χ0n) is 9.72. The number of hydrogen-bond acceptors (Lipinski definition) is 3. The van der Waals surface area contributed by atoms with Crippen molar-refractivity contribution in [2.24, 2.45) is 4.99 Å². The third-order valence-electron chi connectivity index (χ3n) is 2.35. The molecule has 19 heavy (non-hydrogen) atoms. The monoisotopic (exact) mass is 317 g/mol. The molecule has 1 aromatic heterocycles. The molecule has 0 aliphatic heterocycles. The molecular formula is C12H10Cl3N3O. The maximum atomic E-state index is 8.73. The molecule has 0 bridgehead atoms. The van der Waals surface area contributed by atoms with Gasteiger partial charge in [0.05, 0.1) is 13.2 Å². The quantitative estimate of drug-likeness (QED) is 0.880. The van der Waals surface area contributed by atoms with Crippen LogP contribution in [0.1, 0.15) is 5.69 Å². The highest BCUT2D eigenvalue weighted by Crippen LogP contribution is 2.25. The number of aliphatic imine (C=N–C) groups is 1. The summed E-state index contributed by atoms with van der Waals surface area (Å²) in [6, 6.07) is 7.09. The van der Waals surface area contributed by atoms with Gasteiger partial charge in [-0.25, -0.2) is 4.98 Å². The summed E-state index contributed by atoms with van der Waals surface area (Å²) >= 11 is 17.9. The number of benzene rings is 1. The van der Waals surface area contributed by atoms with E-state index < -0.39 is 0 Å². The maximum Gasteiger partial charge on any atom is 0.209 e. The minimum atomic E-state index is -0.0308. The molecule has 0 aliphatic carbocycles. The Hall–Kier alpha value is -1.07. The molecule has 0 fully saturated rings. The first-order valence-electron chi connectivity index (χ1n) is 5.44. The molecule has 0 aliphatic rings. The molecule has 7 heteroatoms. The zero-order valence-corrected chi connectivity index (χ0v) is 12.0. The van der Waals surface area contributed by atoms with Crippen LogP contribution in [0.2, 0.25) is 15.5 Å². The van der Waals surface area contributed by atoms with Crippen molar-refractivity contribution in [2.75, 3.05) is 13.2 Å². The van der Waals surface area contributed by atoms with E-state index in [-0.39, 0.29) is 17.0 Å². The maximum absolute atomic E-state index is 8.73. The van der Waals surface area contributed by atoms with Crippen LogP contribution in [0.15, 0.2) is 29.3 Å². The normalized spacial score (nSPS) is 11.4. The van der Waals surface area contributed by atoms with Gasteiger partial charge in [-0.05, 0) is 35.9 Å². The Morgan fingerprint density at radius 1 is 1.21 bits per heavy atom. The SMILES string of the molecule is OCCN=Cc1c(Cl)nc(Cl)n1-c1ccc(Cl)cc1. The van der Waals surface area contributed by atoms with Gasteiger partial charge in [0, 0.05) is 16.9 Å². The number of nitrogens with zero attached hydrogens (tertiary/aromatic N) is 3. The molecule has 2 aromatic rings. The minimum Gasteiger partial charge on any atom is -0.394 e. The molecule has 0 saturated carbocycles. The van der Waals surface area contributed by atoms with E-state index in [4.69, 9.17) is 39.9 Å². The van der Waals surface area contributed by atoms with Gasteiger partial charge in [0.2, 0.25) is 5.28 Å². The molecule has 0 saturated heterocycles. The first-order valence-corrected chi connectivity index (χ1v) is 6.57. The lowest BCUT2D eigenvalue weighted by molar-refractivity contribution is 0.307. The summed E-state index contributed by atoms with van der Waals surface area (Å²) in [5.41, 5.74) is 1.33. The summed E-state index contributed by atoms with van der Waals surface area (Å²) in [5.74, 6) is 0. The number of rotatable bonds is 4. The van der Waals surface area contributed by atoms with E-state index in [0.717, 1.165) is 5.69 Å². The molecule has 0 unspecified atom stereocenters. The second-order valence-electron chi connectivity index (χ2n) is 3.63. The standard InChI is InChI=1S/C12H10Cl3N3O/c13-8-1-3-9(4-2-8)18-10(7-16-5-6-19)11(14)17-12(18)15/h1-4,7,19H,5-6H2. The van der Waals surface area contributed by atoms with E-state index in [1.807, 2.05) is 0 Å². The lowest BCUT2D eigenvalue weighted by Gasteiger charge is -2.06. The van der Waals surface area contributed by atoms with E-state index in [9.17, 15) is 0 Å². The van der Waals surface area contributed by atoms with E-state index >= 15 is 0 Å².